The summed E-state index contributed by atoms with van der Waals surface area (Å²) in [6, 6.07) is 12.2. The molecule has 1 aliphatic rings. The Morgan fingerprint density at radius 2 is 1.87 bits per heavy atom. The van der Waals surface area contributed by atoms with Crippen LogP contribution in [0.15, 0.2) is 46.9 Å². The van der Waals surface area contributed by atoms with Crippen molar-refractivity contribution in [1.29, 1.82) is 0 Å². The second kappa shape index (κ2) is 10.5. The maximum absolute atomic E-state index is 12.6. The minimum Gasteiger partial charge on any atom is -0.493 e. The molecule has 0 saturated carbocycles. The number of ether oxygens (including phenoxy) is 2. The summed E-state index contributed by atoms with van der Waals surface area (Å²) in [5, 5.41) is 5.76. The molecular formula is C21H22BrN3O4S. The quantitative estimate of drug-likeness (QED) is 0.623. The van der Waals surface area contributed by atoms with Crippen LogP contribution in [0.3, 0.4) is 0 Å². The molecular weight excluding hydrogens is 470 g/mol. The van der Waals surface area contributed by atoms with Crippen molar-refractivity contribution < 1.29 is 19.1 Å². The second-order valence-electron chi connectivity index (χ2n) is 6.46. The van der Waals surface area contributed by atoms with Crippen molar-refractivity contribution >= 4 is 50.8 Å². The first-order chi connectivity index (χ1) is 14.5. The van der Waals surface area contributed by atoms with Gasteiger partial charge in [-0.2, -0.15) is 0 Å². The molecule has 1 saturated heterocycles. The SMILES string of the molecule is CCOc1ccc(Br)cc1C(=O)NC(=S)Nc1ccc(C(=O)N2CCOCC2)cc1. The lowest BCUT2D eigenvalue weighted by molar-refractivity contribution is 0.0303. The Balaban J connectivity index is 1.60. The van der Waals surface area contributed by atoms with Gasteiger partial charge in [-0.3, -0.25) is 14.9 Å². The molecule has 158 valence electrons. The lowest BCUT2D eigenvalue weighted by Crippen LogP contribution is -2.40. The van der Waals surface area contributed by atoms with Gasteiger partial charge in [-0.1, -0.05) is 15.9 Å². The van der Waals surface area contributed by atoms with E-state index >= 15 is 0 Å². The molecule has 0 aliphatic carbocycles. The average molecular weight is 492 g/mol. The van der Waals surface area contributed by atoms with Gasteiger partial charge >= 0.3 is 0 Å². The standard InChI is InChI=1S/C21H22BrN3O4S/c1-2-29-18-8-5-15(22)13-17(18)19(26)24-21(30)23-16-6-3-14(4-7-16)20(27)25-9-11-28-12-10-25/h3-8,13H,2,9-12H2,1H3,(H2,23,24,26,30). The highest BCUT2D eigenvalue weighted by Gasteiger charge is 2.18. The molecule has 1 aliphatic heterocycles. The number of thiocarbonyl (C=S) groups is 1. The van der Waals surface area contributed by atoms with Gasteiger partial charge in [0, 0.05) is 28.8 Å². The number of morpholine rings is 1. The highest BCUT2D eigenvalue weighted by Crippen LogP contribution is 2.23. The smallest absolute Gasteiger partial charge is 0.261 e. The van der Waals surface area contributed by atoms with Gasteiger partial charge in [0.05, 0.1) is 25.4 Å². The number of hydrogen-bond acceptors (Lipinski definition) is 5. The van der Waals surface area contributed by atoms with E-state index < -0.39 is 0 Å². The number of nitrogens with one attached hydrogen (secondary N) is 2. The summed E-state index contributed by atoms with van der Waals surface area (Å²) >= 11 is 8.62. The average Bonchev–Trinajstić information content (AvgIpc) is 2.75. The van der Waals surface area contributed by atoms with E-state index in [2.05, 4.69) is 26.6 Å². The predicted octanol–water partition coefficient (Wildman–Crippen LogP) is 3.45. The molecule has 0 aromatic heterocycles. The van der Waals surface area contributed by atoms with Crippen LogP contribution in [0.2, 0.25) is 0 Å². The van der Waals surface area contributed by atoms with Gasteiger partial charge in [-0.25, -0.2) is 0 Å². The number of nitrogens with zero attached hydrogens (tertiary/aromatic N) is 1. The maximum Gasteiger partial charge on any atom is 0.261 e. The Morgan fingerprint density at radius 1 is 1.17 bits per heavy atom. The molecule has 2 amide bonds. The van der Waals surface area contributed by atoms with E-state index in [9.17, 15) is 9.59 Å². The second-order valence-corrected chi connectivity index (χ2v) is 7.79. The molecule has 2 aromatic carbocycles. The fourth-order valence-electron chi connectivity index (χ4n) is 2.94. The zero-order chi connectivity index (χ0) is 21.5. The van der Waals surface area contributed by atoms with Gasteiger partial charge < -0.3 is 19.7 Å². The highest BCUT2D eigenvalue weighted by atomic mass is 79.9. The summed E-state index contributed by atoms with van der Waals surface area (Å²) in [5.41, 5.74) is 1.63. The number of rotatable bonds is 5. The number of halogens is 1. The minimum atomic E-state index is -0.378. The van der Waals surface area contributed by atoms with Crippen LogP contribution in [-0.2, 0) is 4.74 Å². The molecule has 0 bridgehead atoms. The van der Waals surface area contributed by atoms with Crippen LogP contribution in [0.5, 0.6) is 5.75 Å². The maximum atomic E-state index is 12.6. The number of benzene rings is 2. The molecule has 0 radical (unpaired) electrons. The number of hydrogen-bond donors (Lipinski definition) is 2. The molecule has 0 spiro atoms. The van der Waals surface area contributed by atoms with Gasteiger partial charge in [0.1, 0.15) is 5.75 Å². The number of carbonyl (C=O) groups excluding carboxylic acids is 2. The Morgan fingerprint density at radius 3 is 2.53 bits per heavy atom. The lowest BCUT2D eigenvalue weighted by atomic mass is 10.1. The largest absolute Gasteiger partial charge is 0.493 e. The van der Waals surface area contributed by atoms with Crippen molar-refractivity contribution in [1.82, 2.24) is 10.2 Å². The van der Waals surface area contributed by atoms with Crippen molar-refractivity contribution in [3.8, 4) is 5.75 Å². The van der Waals surface area contributed by atoms with E-state index in [1.807, 2.05) is 6.92 Å². The van der Waals surface area contributed by atoms with Gasteiger partial charge in [0.2, 0.25) is 0 Å². The monoisotopic (exact) mass is 491 g/mol. The first-order valence-corrected chi connectivity index (χ1v) is 10.7. The van der Waals surface area contributed by atoms with Crippen LogP contribution in [-0.4, -0.2) is 54.7 Å². The summed E-state index contributed by atoms with van der Waals surface area (Å²) < 4.78 is 11.5. The van der Waals surface area contributed by atoms with E-state index in [-0.39, 0.29) is 16.9 Å². The van der Waals surface area contributed by atoms with Crippen LogP contribution in [0.25, 0.3) is 0 Å². The van der Waals surface area contributed by atoms with Crippen molar-refractivity contribution in [2.45, 2.75) is 6.92 Å². The molecule has 2 N–H and O–H groups in total. The fraction of sp³-hybridized carbons (Fsp3) is 0.286. The van der Waals surface area contributed by atoms with Crippen LogP contribution >= 0.6 is 28.1 Å². The zero-order valence-corrected chi connectivity index (χ0v) is 18.8. The summed E-state index contributed by atoms with van der Waals surface area (Å²) in [7, 11) is 0. The Labute approximate surface area is 188 Å². The normalized spacial score (nSPS) is 13.5. The van der Waals surface area contributed by atoms with Gasteiger partial charge in [-0.15, -0.1) is 0 Å². The van der Waals surface area contributed by atoms with Gasteiger partial charge in [-0.05, 0) is 61.6 Å². The molecule has 1 fully saturated rings. The molecule has 7 nitrogen and oxygen atoms in total. The van der Waals surface area contributed by atoms with Crippen molar-refractivity contribution in [3.63, 3.8) is 0 Å². The topological polar surface area (TPSA) is 79.9 Å². The highest BCUT2D eigenvalue weighted by molar-refractivity contribution is 9.10. The van der Waals surface area contributed by atoms with Crippen LogP contribution < -0.4 is 15.4 Å². The Kier molecular flexibility index (Phi) is 7.78. The van der Waals surface area contributed by atoms with E-state index in [0.29, 0.717) is 55.5 Å². The van der Waals surface area contributed by atoms with E-state index in [1.54, 1.807) is 47.4 Å². The van der Waals surface area contributed by atoms with Gasteiger partial charge in [0.15, 0.2) is 5.11 Å². The first kappa shape index (κ1) is 22.2. The third-order valence-electron chi connectivity index (χ3n) is 4.40. The summed E-state index contributed by atoms with van der Waals surface area (Å²) in [6.07, 6.45) is 0. The number of amides is 2. The molecule has 2 aromatic rings. The summed E-state index contributed by atoms with van der Waals surface area (Å²) in [6.45, 7) is 4.59. The third-order valence-corrected chi connectivity index (χ3v) is 5.10. The number of anilines is 1. The first-order valence-electron chi connectivity index (χ1n) is 9.49. The predicted molar refractivity (Wildman–Crippen MR) is 122 cm³/mol. The van der Waals surface area contributed by atoms with Crippen LogP contribution in [0.1, 0.15) is 27.6 Å². The third kappa shape index (κ3) is 5.78. The number of carbonyl (C=O) groups is 2. The zero-order valence-electron chi connectivity index (χ0n) is 16.4. The Hall–Kier alpha value is -2.49. The van der Waals surface area contributed by atoms with Crippen molar-refractivity contribution in [2.75, 3.05) is 38.2 Å². The Bertz CT molecular complexity index is 930. The minimum absolute atomic E-state index is 0.0289. The fourth-order valence-corrected chi connectivity index (χ4v) is 3.51. The lowest BCUT2D eigenvalue weighted by Gasteiger charge is -2.26. The van der Waals surface area contributed by atoms with E-state index in [1.165, 1.54) is 0 Å². The molecule has 1 heterocycles. The van der Waals surface area contributed by atoms with Crippen LogP contribution in [0.4, 0.5) is 5.69 Å². The molecule has 0 unspecified atom stereocenters. The summed E-state index contributed by atoms with van der Waals surface area (Å²) in [5.74, 6) is 0.0715. The van der Waals surface area contributed by atoms with Gasteiger partial charge in [0.25, 0.3) is 11.8 Å². The van der Waals surface area contributed by atoms with Crippen molar-refractivity contribution in [2.24, 2.45) is 0 Å². The molecule has 0 atom stereocenters. The van der Waals surface area contributed by atoms with E-state index in [0.717, 1.165) is 4.47 Å². The van der Waals surface area contributed by atoms with Crippen LogP contribution in [0, 0.1) is 0 Å². The van der Waals surface area contributed by atoms with Crippen molar-refractivity contribution in [3.05, 3.63) is 58.1 Å². The molecule has 30 heavy (non-hydrogen) atoms. The van der Waals surface area contributed by atoms with E-state index in [4.69, 9.17) is 21.7 Å². The molecule has 3 rings (SSSR count). The molecule has 9 heteroatoms. The summed E-state index contributed by atoms with van der Waals surface area (Å²) in [4.78, 5) is 26.9.